The topological polar surface area (TPSA) is 72.9 Å². The average molecular weight is 227 g/mol. The van der Waals surface area contributed by atoms with E-state index in [2.05, 4.69) is 5.32 Å². The molecule has 1 amide bonds. The van der Waals surface area contributed by atoms with Gasteiger partial charge in [0.05, 0.1) is 6.04 Å². The van der Waals surface area contributed by atoms with Crippen molar-refractivity contribution in [2.75, 3.05) is 33.2 Å². The predicted molar refractivity (Wildman–Crippen MR) is 57.0 cm³/mol. The van der Waals surface area contributed by atoms with Crippen LogP contribution in [0.4, 0.5) is 0 Å². The number of carboxylic acid groups (broad SMARTS) is 1. The van der Waals surface area contributed by atoms with Crippen LogP contribution in [-0.2, 0) is 9.59 Å². The molecule has 16 heavy (non-hydrogen) atoms. The molecule has 0 aromatic carbocycles. The maximum atomic E-state index is 11.8. The van der Waals surface area contributed by atoms with Gasteiger partial charge in [-0.05, 0) is 6.42 Å². The molecule has 6 heteroatoms. The first-order chi connectivity index (χ1) is 7.61. The van der Waals surface area contributed by atoms with Gasteiger partial charge in [0, 0.05) is 33.2 Å². The minimum absolute atomic E-state index is 0.0492. The highest BCUT2D eigenvalue weighted by Crippen LogP contribution is 2.19. The molecule has 2 atom stereocenters. The number of piperazine rings is 1. The summed E-state index contributed by atoms with van der Waals surface area (Å²) in [4.78, 5) is 26.4. The molecule has 0 aliphatic carbocycles. The summed E-state index contributed by atoms with van der Waals surface area (Å²) in [5.41, 5.74) is 0. The Bertz CT molecular complexity index is 308. The summed E-state index contributed by atoms with van der Waals surface area (Å²) in [5, 5.41) is 12.2. The Hall–Kier alpha value is -1.14. The van der Waals surface area contributed by atoms with E-state index in [1.54, 1.807) is 11.9 Å². The van der Waals surface area contributed by atoms with Crippen LogP contribution in [0.25, 0.3) is 0 Å². The second-order valence-electron chi connectivity index (χ2n) is 4.36. The van der Waals surface area contributed by atoms with Gasteiger partial charge in [-0.3, -0.25) is 14.5 Å². The summed E-state index contributed by atoms with van der Waals surface area (Å²) in [6, 6.07) is -0.817. The number of rotatable bonds is 2. The molecule has 2 aliphatic rings. The van der Waals surface area contributed by atoms with Gasteiger partial charge in [-0.25, -0.2) is 0 Å². The Morgan fingerprint density at radius 1 is 1.50 bits per heavy atom. The molecule has 0 radical (unpaired) electrons. The molecule has 2 fully saturated rings. The van der Waals surface area contributed by atoms with Gasteiger partial charge in [-0.2, -0.15) is 0 Å². The molecule has 0 spiro atoms. The molecule has 0 bridgehead atoms. The largest absolute Gasteiger partial charge is 0.480 e. The Balaban J connectivity index is 2.11. The third kappa shape index (κ3) is 1.90. The fraction of sp³-hybridized carbons (Fsp3) is 0.800. The Labute approximate surface area is 94.2 Å². The Morgan fingerprint density at radius 3 is 2.81 bits per heavy atom. The number of carboxylic acids is 1. The van der Waals surface area contributed by atoms with E-state index in [1.807, 2.05) is 4.90 Å². The number of hydrogen-bond acceptors (Lipinski definition) is 4. The minimum atomic E-state index is -0.852. The van der Waals surface area contributed by atoms with Crippen molar-refractivity contribution in [3.8, 4) is 0 Å². The number of likely N-dealkylation sites (tertiary alicyclic amines) is 1. The summed E-state index contributed by atoms with van der Waals surface area (Å²) in [6.07, 6.45) is 0.735. The molecule has 2 rings (SSSR count). The second-order valence-corrected chi connectivity index (χ2v) is 4.36. The molecular weight excluding hydrogens is 210 g/mol. The van der Waals surface area contributed by atoms with Crippen molar-refractivity contribution in [2.45, 2.75) is 18.5 Å². The lowest BCUT2D eigenvalue weighted by atomic mass is 10.1. The third-order valence-electron chi connectivity index (χ3n) is 3.37. The number of carbonyl (C=O) groups is 2. The van der Waals surface area contributed by atoms with Crippen molar-refractivity contribution in [2.24, 2.45) is 0 Å². The van der Waals surface area contributed by atoms with Crippen LogP contribution in [0.1, 0.15) is 6.42 Å². The first-order valence-electron chi connectivity index (χ1n) is 5.55. The van der Waals surface area contributed by atoms with E-state index in [9.17, 15) is 9.59 Å². The van der Waals surface area contributed by atoms with Crippen molar-refractivity contribution in [3.05, 3.63) is 0 Å². The normalized spacial score (nSPS) is 32.1. The van der Waals surface area contributed by atoms with Crippen molar-refractivity contribution >= 4 is 11.9 Å². The molecule has 0 aromatic heterocycles. The zero-order valence-corrected chi connectivity index (χ0v) is 9.35. The van der Waals surface area contributed by atoms with E-state index in [1.165, 1.54) is 0 Å². The van der Waals surface area contributed by atoms with Crippen molar-refractivity contribution in [1.82, 2.24) is 15.1 Å². The number of nitrogens with zero attached hydrogens (tertiary/aromatic N) is 2. The summed E-state index contributed by atoms with van der Waals surface area (Å²) in [5.74, 6) is -0.803. The standard InChI is InChI=1S/C10H17N3O3/c1-12-4-2-7(9(12)14)13-5-3-11-6-8(13)10(15)16/h7-8,11H,2-6H2,1H3,(H,15,16). The number of nitrogens with one attached hydrogen (secondary N) is 1. The molecule has 0 aromatic rings. The quantitative estimate of drug-likeness (QED) is 0.605. The molecular formula is C10H17N3O3. The van der Waals surface area contributed by atoms with Crippen LogP contribution in [0.5, 0.6) is 0 Å². The number of carbonyl (C=O) groups excluding carboxylic acids is 1. The van der Waals surface area contributed by atoms with Crippen LogP contribution in [0.2, 0.25) is 0 Å². The number of amides is 1. The molecule has 2 N–H and O–H groups in total. The number of hydrogen-bond donors (Lipinski definition) is 2. The highest BCUT2D eigenvalue weighted by atomic mass is 16.4. The Kier molecular flexibility index (Phi) is 3.11. The lowest BCUT2D eigenvalue weighted by molar-refractivity contribution is -0.146. The van der Waals surface area contributed by atoms with Gasteiger partial charge in [0.2, 0.25) is 5.91 Å². The summed E-state index contributed by atoms with van der Waals surface area (Å²) in [6.45, 7) is 2.51. The first-order valence-corrected chi connectivity index (χ1v) is 5.55. The van der Waals surface area contributed by atoms with Gasteiger partial charge in [0.1, 0.15) is 6.04 Å². The third-order valence-corrected chi connectivity index (χ3v) is 3.37. The lowest BCUT2D eigenvalue weighted by Gasteiger charge is -2.36. The van der Waals surface area contributed by atoms with E-state index in [0.29, 0.717) is 13.1 Å². The smallest absolute Gasteiger partial charge is 0.322 e. The molecule has 2 unspecified atom stereocenters. The molecule has 2 heterocycles. The highest BCUT2D eigenvalue weighted by Gasteiger charge is 2.40. The number of likely N-dealkylation sites (N-methyl/N-ethyl adjacent to an activating group) is 1. The lowest BCUT2D eigenvalue weighted by Crippen LogP contribution is -2.59. The second kappa shape index (κ2) is 4.39. The first kappa shape index (κ1) is 11.3. The average Bonchev–Trinajstić information content (AvgIpc) is 2.60. The van der Waals surface area contributed by atoms with E-state index in [0.717, 1.165) is 19.5 Å². The van der Waals surface area contributed by atoms with Crippen LogP contribution in [0.15, 0.2) is 0 Å². The summed E-state index contributed by atoms with van der Waals surface area (Å²) < 4.78 is 0. The maximum Gasteiger partial charge on any atom is 0.322 e. The van der Waals surface area contributed by atoms with E-state index in [-0.39, 0.29) is 11.9 Å². The van der Waals surface area contributed by atoms with E-state index >= 15 is 0 Å². The molecule has 0 saturated carbocycles. The molecule has 90 valence electrons. The SMILES string of the molecule is CN1CCC(N2CCNCC2C(=O)O)C1=O. The maximum absolute atomic E-state index is 11.8. The van der Waals surface area contributed by atoms with Gasteiger partial charge >= 0.3 is 5.97 Å². The fourth-order valence-electron chi connectivity index (χ4n) is 2.43. The van der Waals surface area contributed by atoms with E-state index in [4.69, 9.17) is 5.11 Å². The molecule has 6 nitrogen and oxygen atoms in total. The van der Waals surface area contributed by atoms with Crippen LogP contribution < -0.4 is 5.32 Å². The van der Waals surface area contributed by atoms with E-state index < -0.39 is 12.0 Å². The van der Waals surface area contributed by atoms with Crippen molar-refractivity contribution in [1.29, 1.82) is 0 Å². The van der Waals surface area contributed by atoms with Crippen LogP contribution >= 0.6 is 0 Å². The van der Waals surface area contributed by atoms with Gasteiger partial charge in [-0.1, -0.05) is 0 Å². The van der Waals surface area contributed by atoms with Gasteiger partial charge in [-0.15, -0.1) is 0 Å². The van der Waals surface area contributed by atoms with Crippen LogP contribution in [0.3, 0.4) is 0 Å². The summed E-state index contributed by atoms with van der Waals surface area (Å²) >= 11 is 0. The zero-order valence-electron chi connectivity index (χ0n) is 9.35. The Morgan fingerprint density at radius 2 is 2.25 bits per heavy atom. The van der Waals surface area contributed by atoms with Crippen molar-refractivity contribution in [3.63, 3.8) is 0 Å². The zero-order chi connectivity index (χ0) is 11.7. The van der Waals surface area contributed by atoms with Gasteiger partial charge in [0.25, 0.3) is 0 Å². The fourth-order valence-corrected chi connectivity index (χ4v) is 2.43. The monoisotopic (exact) mass is 227 g/mol. The molecule has 2 saturated heterocycles. The minimum Gasteiger partial charge on any atom is -0.480 e. The van der Waals surface area contributed by atoms with Crippen LogP contribution in [-0.4, -0.2) is 72.1 Å². The summed E-state index contributed by atoms with van der Waals surface area (Å²) in [7, 11) is 1.76. The van der Waals surface area contributed by atoms with Gasteiger partial charge < -0.3 is 15.3 Å². The highest BCUT2D eigenvalue weighted by molar-refractivity contribution is 5.85. The van der Waals surface area contributed by atoms with Crippen LogP contribution in [0, 0.1) is 0 Å². The van der Waals surface area contributed by atoms with Crippen molar-refractivity contribution < 1.29 is 14.7 Å². The molecule has 2 aliphatic heterocycles. The van der Waals surface area contributed by atoms with Gasteiger partial charge in [0.15, 0.2) is 0 Å². The number of aliphatic carboxylic acids is 1. The predicted octanol–water partition coefficient (Wildman–Crippen LogP) is -1.42.